The quantitative estimate of drug-likeness (QED) is 0.398. The maximum Gasteiger partial charge on any atom is 0.310 e. The molecule has 5 nitrogen and oxygen atoms in total. The molecule has 3 aromatic carbocycles. The van der Waals surface area contributed by atoms with Crippen LogP contribution in [0.15, 0.2) is 60.7 Å². The average Bonchev–Trinajstić information content (AvgIpc) is 3.20. The minimum Gasteiger partial charge on any atom is -0.493 e. The van der Waals surface area contributed by atoms with Crippen LogP contribution in [0.2, 0.25) is 5.02 Å². The predicted octanol–water partition coefficient (Wildman–Crippen LogP) is 5.72. The smallest absolute Gasteiger partial charge is 0.310 e. The molecule has 1 N–H and O–H groups in total. The summed E-state index contributed by atoms with van der Waals surface area (Å²) in [7, 11) is 1.54. The highest BCUT2D eigenvalue weighted by atomic mass is 35.5. The van der Waals surface area contributed by atoms with Crippen LogP contribution < -0.4 is 9.47 Å². The zero-order valence-corrected chi connectivity index (χ0v) is 20.0. The van der Waals surface area contributed by atoms with Gasteiger partial charge in [0.15, 0.2) is 17.3 Å². The van der Waals surface area contributed by atoms with Crippen LogP contribution >= 0.6 is 11.6 Å². The van der Waals surface area contributed by atoms with Crippen LogP contribution in [0.25, 0.3) is 0 Å². The van der Waals surface area contributed by atoms with E-state index in [-0.39, 0.29) is 25.0 Å². The van der Waals surface area contributed by atoms with Gasteiger partial charge >= 0.3 is 5.97 Å². The highest BCUT2D eigenvalue weighted by Crippen LogP contribution is 2.43. The van der Waals surface area contributed by atoms with E-state index >= 15 is 0 Å². The van der Waals surface area contributed by atoms with Gasteiger partial charge < -0.3 is 14.6 Å². The Morgan fingerprint density at radius 1 is 1.03 bits per heavy atom. The summed E-state index contributed by atoms with van der Waals surface area (Å²) in [6.45, 7) is 2.47. The number of ketones is 1. The summed E-state index contributed by atoms with van der Waals surface area (Å²) >= 11 is 6.30. The second-order valence-electron chi connectivity index (χ2n) is 8.87. The van der Waals surface area contributed by atoms with Crippen molar-refractivity contribution in [1.29, 1.82) is 0 Å². The monoisotopic (exact) mass is 478 g/mol. The highest BCUT2D eigenvalue weighted by Gasteiger charge is 2.46. The van der Waals surface area contributed by atoms with Crippen LogP contribution in [0.1, 0.15) is 39.0 Å². The van der Waals surface area contributed by atoms with Crippen LogP contribution in [-0.2, 0) is 24.1 Å². The number of rotatable bonds is 9. The van der Waals surface area contributed by atoms with E-state index in [0.717, 1.165) is 16.7 Å². The number of carboxylic acid groups (broad SMARTS) is 1. The predicted molar refractivity (Wildman–Crippen MR) is 131 cm³/mol. The molecule has 0 saturated carbocycles. The number of methoxy groups -OCH3 is 1. The first kappa shape index (κ1) is 23.8. The van der Waals surface area contributed by atoms with Gasteiger partial charge in [-0.3, -0.25) is 9.59 Å². The summed E-state index contributed by atoms with van der Waals surface area (Å²) in [6, 6.07) is 18.6. The lowest BCUT2D eigenvalue weighted by atomic mass is 9.79. The fourth-order valence-corrected chi connectivity index (χ4v) is 4.86. The summed E-state index contributed by atoms with van der Waals surface area (Å²) in [6.07, 6.45) is 1.10. The van der Waals surface area contributed by atoms with Gasteiger partial charge in [0, 0.05) is 23.4 Å². The number of fused-ring (bicyclic) bond motifs is 1. The molecule has 0 aromatic heterocycles. The van der Waals surface area contributed by atoms with Gasteiger partial charge in [-0.15, -0.1) is 0 Å². The summed E-state index contributed by atoms with van der Waals surface area (Å²) in [5.74, 6) is -0.259. The minimum atomic E-state index is -1.21. The maximum atomic E-state index is 13.2. The van der Waals surface area contributed by atoms with Gasteiger partial charge in [0.1, 0.15) is 0 Å². The Morgan fingerprint density at radius 3 is 2.53 bits per heavy atom. The molecule has 176 valence electrons. The molecule has 0 spiro atoms. The molecule has 34 heavy (non-hydrogen) atoms. The van der Waals surface area contributed by atoms with E-state index in [9.17, 15) is 14.7 Å². The number of ether oxygens (including phenoxy) is 2. The van der Waals surface area contributed by atoms with Crippen molar-refractivity contribution < 1.29 is 24.2 Å². The molecule has 0 fully saturated rings. The van der Waals surface area contributed by atoms with Crippen molar-refractivity contribution >= 4 is 23.4 Å². The lowest BCUT2D eigenvalue weighted by molar-refractivity contribution is -0.148. The third-order valence-electron chi connectivity index (χ3n) is 6.43. The molecule has 1 aliphatic rings. The summed E-state index contributed by atoms with van der Waals surface area (Å²) in [5, 5.41) is 10.6. The molecule has 1 aliphatic carbocycles. The first-order valence-corrected chi connectivity index (χ1v) is 11.6. The third-order valence-corrected chi connectivity index (χ3v) is 6.78. The van der Waals surface area contributed by atoms with Crippen molar-refractivity contribution in [3.05, 3.63) is 93.5 Å². The highest BCUT2D eigenvalue weighted by molar-refractivity contribution is 6.31. The van der Waals surface area contributed by atoms with Crippen LogP contribution in [0.3, 0.4) is 0 Å². The van der Waals surface area contributed by atoms with Crippen LogP contribution in [0.5, 0.6) is 11.5 Å². The van der Waals surface area contributed by atoms with Crippen LogP contribution in [0, 0.1) is 12.3 Å². The number of hydrogen-bond acceptors (Lipinski definition) is 4. The summed E-state index contributed by atoms with van der Waals surface area (Å²) in [4.78, 5) is 25.5. The van der Waals surface area contributed by atoms with Gasteiger partial charge in [-0.1, -0.05) is 53.6 Å². The standard InChI is InChI=1S/C28H27ClO5/c1-18-5-3-6-19(13-18)11-12-34-26-14-20(9-10-25(26)33-2)24(30)17-28(27(31)32)15-21-7-4-8-23(29)22(21)16-28/h3-10,13-14H,11-12,15-17H2,1-2H3,(H,31,32). The van der Waals surface area contributed by atoms with Crippen molar-refractivity contribution in [1.82, 2.24) is 0 Å². The van der Waals surface area contributed by atoms with Crippen LogP contribution in [0.4, 0.5) is 0 Å². The van der Waals surface area contributed by atoms with E-state index in [0.29, 0.717) is 35.1 Å². The Balaban J connectivity index is 1.50. The normalized spacial score (nSPS) is 16.7. The van der Waals surface area contributed by atoms with E-state index in [4.69, 9.17) is 21.1 Å². The summed E-state index contributed by atoms with van der Waals surface area (Å²) < 4.78 is 11.4. The number of halogens is 1. The van der Waals surface area contributed by atoms with E-state index in [2.05, 4.69) is 6.07 Å². The van der Waals surface area contributed by atoms with Gasteiger partial charge in [-0.25, -0.2) is 0 Å². The zero-order chi connectivity index (χ0) is 24.3. The minimum absolute atomic E-state index is 0.123. The topological polar surface area (TPSA) is 72.8 Å². The molecule has 0 radical (unpaired) electrons. The van der Waals surface area contributed by atoms with Gasteiger partial charge in [0.05, 0.1) is 19.1 Å². The Kier molecular flexibility index (Phi) is 6.94. The number of Topliss-reactive ketones (excluding diaryl/α,β-unsaturated/α-hetero) is 1. The largest absolute Gasteiger partial charge is 0.493 e. The van der Waals surface area contributed by atoms with Crippen molar-refractivity contribution in [3.63, 3.8) is 0 Å². The fourth-order valence-electron chi connectivity index (χ4n) is 4.60. The molecule has 4 rings (SSSR count). The number of carboxylic acids is 1. The van der Waals surface area contributed by atoms with E-state index in [1.54, 1.807) is 31.4 Å². The second-order valence-corrected chi connectivity index (χ2v) is 9.28. The first-order chi connectivity index (χ1) is 16.3. The molecule has 0 saturated heterocycles. The number of aliphatic carboxylic acids is 1. The zero-order valence-electron chi connectivity index (χ0n) is 19.3. The van der Waals surface area contributed by atoms with Gasteiger partial charge in [0.25, 0.3) is 0 Å². The number of hydrogen-bond donors (Lipinski definition) is 1. The van der Waals surface area contributed by atoms with E-state index in [1.165, 1.54) is 5.56 Å². The number of carbonyl (C=O) groups excluding carboxylic acids is 1. The molecule has 0 amide bonds. The molecule has 1 unspecified atom stereocenters. The molecule has 0 heterocycles. The SMILES string of the molecule is COc1ccc(C(=O)CC2(C(=O)O)Cc3cccc(Cl)c3C2)cc1OCCc1cccc(C)c1. The molecular weight excluding hydrogens is 452 g/mol. The van der Waals surface area contributed by atoms with Crippen LogP contribution in [-0.4, -0.2) is 30.6 Å². The Hall–Kier alpha value is -3.31. The van der Waals surface area contributed by atoms with Gasteiger partial charge in [-0.2, -0.15) is 0 Å². The number of aryl methyl sites for hydroxylation is 1. The molecule has 3 aromatic rings. The molecular formula is C28H27ClO5. The van der Waals surface area contributed by atoms with E-state index in [1.807, 2.05) is 37.3 Å². The molecule has 1 atom stereocenters. The number of carbonyl (C=O) groups is 2. The lowest BCUT2D eigenvalue weighted by Gasteiger charge is -2.23. The first-order valence-electron chi connectivity index (χ1n) is 11.2. The van der Waals surface area contributed by atoms with Crippen molar-refractivity contribution in [3.8, 4) is 11.5 Å². The summed E-state index contributed by atoms with van der Waals surface area (Å²) in [5.41, 5.74) is 3.23. The van der Waals surface area contributed by atoms with Crippen molar-refractivity contribution in [2.45, 2.75) is 32.6 Å². The molecule has 0 aliphatic heterocycles. The van der Waals surface area contributed by atoms with Crippen molar-refractivity contribution in [2.24, 2.45) is 5.41 Å². The molecule has 0 bridgehead atoms. The van der Waals surface area contributed by atoms with Gasteiger partial charge in [-0.05, 0) is 60.7 Å². The van der Waals surface area contributed by atoms with E-state index < -0.39 is 11.4 Å². The molecule has 6 heteroatoms. The third kappa shape index (κ3) is 4.95. The Labute approximate surface area is 204 Å². The maximum absolute atomic E-state index is 13.2. The second kappa shape index (κ2) is 9.90. The average molecular weight is 479 g/mol. The Morgan fingerprint density at radius 2 is 1.82 bits per heavy atom. The van der Waals surface area contributed by atoms with Gasteiger partial charge in [0.2, 0.25) is 0 Å². The van der Waals surface area contributed by atoms with Crippen molar-refractivity contribution in [2.75, 3.05) is 13.7 Å². The lowest BCUT2D eigenvalue weighted by Crippen LogP contribution is -2.34. The fraction of sp³-hybridized carbons (Fsp3) is 0.286. The Bertz CT molecular complexity index is 1240. The number of benzene rings is 3.